The molecule has 2 N–H and O–H groups in total. The van der Waals surface area contributed by atoms with Gasteiger partial charge in [0.05, 0.1) is 36.8 Å². The Hall–Kier alpha value is -2.69. The third kappa shape index (κ3) is 4.36. The summed E-state index contributed by atoms with van der Waals surface area (Å²) in [5, 5.41) is 6.02. The van der Waals surface area contributed by atoms with Gasteiger partial charge in [-0.25, -0.2) is 8.42 Å². The van der Waals surface area contributed by atoms with E-state index in [2.05, 4.69) is 33.4 Å². The van der Waals surface area contributed by atoms with E-state index in [-0.39, 0.29) is 12.1 Å². The lowest BCUT2D eigenvalue weighted by Crippen LogP contribution is -2.29. The van der Waals surface area contributed by atoms with Crippen LogP contribution in [-0.2, 0) is 10.0 Å². The van der Waals surface area contributed by atoms with Gasteiger partial charge >= 0.3 is 0 Å². The van der Waals surface area contributed by atoms with Crippen LogP contribution in [0.2, 0.25) is 0 Å². The normalized spacial score (nSPS) is 18.7. The molecule has 0 spiro atoms. The van der Waals surface area contributed by atoms with Crippen molar-refractivity contribution < 1.29 is 13.2 Å². The van der Waals surface area contributed by atoms with Gasteiger partial charge in [0.15, 0.2) is 5.11 Å². The molecule has 162 valence electrons. The van der Waals surface area contributed by atoms with Crippen LogP contribution in [0.1, 0.15) is 28.2 Å². The summed E-state index contributed by atoms with van der Waals surface area (Å²) in [6, 6.07) is 13.0. The fraction of sp³-hybridized carbons (Fsp3) is 0.238. The molecular weight excluding hydrogens is 452 g/mol. The maximum Gasteiger partial charge on any atom is 0.229 e. The Morgan fingerprint density at radius 1 is 1.26 bits per heavy atom. The van der Waals surface area contributed by atoms with E-state index in [4.69, 9.17) is 17.0 Å². The van der Waals surface area contributed by atoms with Gasteiger partial charge in [0.1, 0.15) is 5.75 Å². The second-order valence-corrected chi connectivity index (χ2v) is 10.3. The molecule has 0 saturated carbocycles. The number of hydrogen-bond acceptors (Lipinski definition) is 6. The standard InChI is InChI=1S/C21H22N4O3S3/c1-13-9-11-30-20(13)19-18(15-6-4-5-10-22-15)23-21(29)25(19)14-7-8-17(28-2)16(12-14)24-31(3,26)27/h4-12,18-19,24H,1-3H3,(H,23,29). The largest absolute Gasteiger partial charge is 0.495 e. The molecule has 1 fully saturated rings. The third-order valence-corrected chi connectivity index (χ3v) is 7.02. The van der Waals surface area contributed by atoms with Gasteiger partial charge in [-0.1, -0.05) is 6.07 Å². The molecule has 0 aliphatic carbocycles. The number of hydrogen-bond donors (Lipinski definition) is 2. The second-order valence-electron chi connectivity index (χ2n) is 7.22. The number of pyridine rings is 1. The molecule has 3 aromatic rings. The van der Waals surface area contributed by atoms with Crippen molar-refractivity contribution in [1.82, 2.24) is 10.3 Å². The highest BCUT2D eigenvalue weighted by atomic mass is 32.2. The number of benzene rings is 1. The highest BCUT2D eigenvalue weighted by molar-refractivity contribution is 7.92. The van der Waals surface area contributed by atoms with Crippen LogP contribution < -0.4 is 19.7 Å². The Kier molecular flexibility index (Phi) is 5.87. The van der Waals surface area contributed by atoms with Crippen molar-refractivity contribution in [3.05, 3.63) is 70.2 Å². The Morgan fingerprint density at radius 3 is 2.68 bits per heavy atom. The molecule has 2 unspecified atom stereocenters. The van der Waals surface area contributed by atoms with Gasteiger partial charge in [0.25, 0.3) is 0 Å². The molecule has 1 aromatic carbocycles. The Bertz CT molecular complexity index is 1210. The first-order valence-electron chi connectivity index (χ1n) is 9.49. The van der Waals surface area contributed by atoms with Gasteiger partial charge in [0, 0.05) is 16.8 Å². The van der Waals surface area contributed by atoms with E-state index in [1.165, 1.54) is 7.11 Å². The monoisotopic (exact) mass is 474 g/mol. The Balaban J connectivity index is 1.83. The van der Waals surface area contributed by atoms with Gasteiger partial charge in [-0.3, -0.25) is 9.71 Å². The summed E-state index contributed by atoms with van der Waals surface area (Å²) < 4.78 is 31.6. The number of ether oxygens (including phenoxy) is 1. The fourth-order valence-corrected chi connectivity index (χ4v) is 5.67. The molecule has 1 aliphatic rings. The van der Waals surface area contributed by atoms with E-state index in [1.807, 2.05) is 29.2 Å². The van der Waals surface area contributed by atoms with Crippen molar-refractivity contribution in [3.8, 4) is 5.75 Å². The molecule has 0 amide bonds. The lowest BCUT2D eigenvalue weighted by molar-refractivity contribution is 0.417. The molecule has 4 rings (SSSR count). The van der Waals surface area contributed by atoms with E-state index < -0.39 is 10.0 Å². The number of rotatable bonds is 6. The third-order valence-electron chi connectivity index (χ3n) is 5.03. The summed E-state index contributed by atoms with van der Waals surface area (Å²) in [6.45, 7) is 2.07. The number of anilines is 2. The highest BCUT2D eigenvalue weighted by Gasteiger charge is 2.42. The molecule has 31 heavy (non-hydrogen) atoms. The molecular formula is C21H22N4O3S3. The number of nitrogens with one attached hydrogen (secondary N) is 2. The van der Waals surface area contributed by atoms with E-state index in [0.29, 0.717) is 16.5 Å². The maximum atomic E-state index is 11.9. The maximum absolute atomic E-state index is 11.9. The van der Waals surface area contributed by atoms with Crippen LogP contribution in [0.5, 0.6) is 5.75 Å². The van der Waals surface area contributed by atoms with Crippen LogP contribution in [0, 0.1) is 6.92 Å². The predicted molar refractivity (Wildman–Crippen MR) is 128 cm³/mol. The number of methoxy groups -OCH3 is 1. The number of sulfonamides is 1. The number of thiophene rings is 1. The van der Waals surface area contributed by atoms with Crippen molar-refractivity contribution in [1.29, 1.82) is 0 Å². The fourth-order valence-electron chi connectivity index (χ4n) is 3.71. The first-order chi connectivity index (χ1) is 14.8. The average molecular weight is 475 g/mol. The number of thiocarbonyl (C=S) groups is 1. The van der Waals surface area contributed by atoms with Crippen molar-refractivity contribution >= 4 is 50.1 Å². The van der Waals surface area contributed by atoms with Gasteiger partial charge in [-0.05, 0) is 66.5 Å². The summed E-state index contributed by atoms with van der Waals surface area (Å²) in [7, 11) is -1.99. The second kappa shape index (κ2) is 8.45. The van der Waals surface area contributed by atoms with Crippen molar-refractivity contribution in [3.63, 3.8) is 0 Å². The average Bonchev–Trinajstić information content (AvgIpc) is 3.29. The van der Waals surface area contributed by atoms with Crippen LogP contribution >= 0.6 is 23.6 Å². The van der Waals surface area contributed by atoms with E-state index >= 15 is 0 Å². The summed E-state index contributed by atoms with van der Waals surface area (Å²) >= 11 is 7.39. The van der Waals surface area contributed by atoms with Crippen LogP contribution in [-0.4, -0.2) is 31.9 Å². The van der Waals surface area contributed by atoms with Crippen molar-refractivity contribution in [2.24, 2.45) is 0 Å². The van der Waals surface area contributed by atoms with Gasteiger partial charge in [0.2, 0.25) is 10.0 Å². The van der Waals surface area contributed by atoms with Crippen LogP contribution in [0.15, 0.2) is 54.0 Å². The molecule has 10 heteroatoms. The zero-order chi connectivity index (χ0) is 22.2. The number of aromatic nitrogens is 1. The van der Waals surface area contributed by atoms with Gasteiger partial charge in [-0.15, -0.1) is 11.3 Å². The summed E-state index contributed by atoms with van der Waals surface area (Å²) in [5.74, 6) is 0.428. The van der Waals surface area contributed by atoms with Gasteiger partial charge in [-0.2, -0.15) is 0 Å². The number of aryl methyl sites for hydroxylation is 1. The summed E-state index contributed by atoms with van der Waals surface area (Å²) in [4.78, 5) is 7.73. The summed E-state index contributed by atoms with van der Waals surface area (Å²) in [5.41, 5.74) is 3.15. The number of nitrogens with zero attached hydrogens (tertiary/aromatic N) is 2. The molecule has 2 atom stereocenters. The Morgan fingerprint density at radius 2 is 2.06 bits per heavy atom. The minimum atomic E-state index is -3.49. The van der Waals surface area contributed by atoms with Crippen molar-refractivity contribution in [2.75, 3.05) is 23.0 Å². The summed E-state index contributed by atoms with van der Waals surface area (Å²) in [6.07, 6.45) is 2.87. The zero-order valence-corrected chi connectivity index (χ0v) is 19.6. The lowest BCUT2D eigenvalue weighted by atomic mass is 10.0. The molecule has 7 nitrogen and oxygen atoms in total. The van der Waals surface area contributed by atoms with Crippen LogP contribution in [0.3, 0.4) is 0 Å². The van der Waals surface area contributed by atoms with Crippen LogP contribution in [0.25, 0.3) is 0 Å². The van der Waals surface area contributed by atoms with E-state index in [9.17, 15) is 8.42 Å². The first kappa shape index (κ1) is 21.5. The van der Waals surface area contributed by atoms with Crippen LogP contribution in [0.4, 0.5) is 11.4 Å². The topological polar surface area (TPSA) is 83.6 Å². The first-order valence-corrected chi connectivity index (χ1v) is 12.7. The molecule has 0 radical (unpaired) electrons. The highest BCUT2D eigenvalue weighted by Crippen LogP contribution is 2.45. The Labute approximate surface area is 191 Å². The molecule has 2 aromatic heterocycles. The minimum absolute atomic E-state index is 0.137. The zero-order valence-electron chi connectivity index (χ0n) is 17.2. The molecule has 3 heterocycles. The lowest BCUT2D eigenvalue weighted by Gasteiger charge is -2.28. The van der Waals surface area contributed by atoms with E-state index in [0.717, 1.165) is 28.1 Å². The predicted octanol–water partition coefficient (Wildman–Crippen LogP) is 4.01. The quantitative estimate of drug-likeness (QED) is 0.522. The van der Waals surface area contributed by atoms with E-state index in [1.54, 1.807) is 29.7 Å². The SMILES string of the molecule is COc1ccc(N2C(=S)NC(c3ccccn3)C2c2sccc2C)cc1NS(C)(=O)=O. The molecule has 0 bridgehead atoms. The minimum Gasteiger partial charge on any atom is -0.495 e. The molecule has 1 aliphatic heterocycles. The van der Waals surface area contributed by atoms with Crippen molar-refractivity contribution in [2.45, 2.75) is 19.0 Å². The van der Waals surface area contributed by atoms with Gasteiger partial charge < -0.3 is 15.0 Å². The smallest absolute Gasteiger partial charge is 0.229 e. The molecule has 1 saturated heterocycles.